The number of unbranched alkanes of at least 4 members (excludes halogenated alkanes) is 3. The molecule has 1 amide bonds. The van der Waals surface area contributed by atoms with E-state index in [0.29, 0.717) is 66.5 Å². The van der Waals surface area contributed by atoms with Gasteiger partial charge >= 0.3 is 0 Å². The summed E-state index contributed by atoms with van der Waals surface area (Å²) < 4.78 is 49.3. The van der Waals surface area contributed by atoms with Crippen LogP contribution in [0.3, 0.4) is 0 Å². The van der Waals surface area contributed by atoms with Crippen LogP contribution in [0.2, 0.25) is 0 Å². The van der Waals surface area contributed by atoms with Crippen LogP contribution in [-0.2, 0) is 4.79 Å². The van der Waals surface area contributed by atoms with E-state index in [1.54, 1.807) is 23.7 Å². The molecule has 216 valence electrons. The van der Waals surface area contributed by atoms with Gasteiger partial charge in [-0.3, -0.25) is 10.0 Å². The zero-order chi connectivity index (χ0) is 29.4. The lowest BCUT2D eigenvalue weighted by Crippen LogP contribution is -2.40. The first-order chi connectivity index (χ1) is 19.8. The van der Waals surface area contributed by atoms with Gasteiger partial charge in [0.1, 0.15) is 23.5 Å². The first kappa shape index (κ1) is 29.8. The van der Waals surface area contributed by atoms with Crippen LogP contribution in [0.25, 0.3) is 22.4 Å². The average Bonchev–Trinajstić information content (AvgIpc) is 2.97. The molecule has 0 atom stereocenters. The van der Waals surface area contributed by atoms with Crippen molar-refractivity contribution in [2.45, 2.75) is 51.0 Å². The van der Waals surface area contributed by atoms with Crippen LogP contribution < -0.4 is 20.9 Å². The number of hydrogen-bond donors (Lipinski definition) is 3. The number of nitrogens with two attached hydrogens (primary N) is 1. The predicted octanol–water partition coefficient (Wildman–Crippen LogP) is 5.47. The highest BCUT2D eigenvalue weighted by atomic mass is 19.2. The number of ether oxygens (including phenoxy) is 1. The lowest BCUT2D eigenvalue weighted by molar-refractivity contribution is -0.129. The molecule has 0 aliphatic carbocycles. The van der Waals surface area contributed by atoms with Gasteiger partial charge in [-0.05, 0) is 55.5 Å². The zero-order valence-electron chi connectivity index (χ0n) is 22.5. The number of pyridine rings is 1. The summed E-state index contributed by atoms with van der Waals surface area (Å²) in [5, 5.41) is 17.8. The van der Waals surface area contributed by atoms with Gasteiger partial charge in [-0.1, -0.05) is 25.0 Å². The van der Waals surface area contributed by atoms with Crippen molar-refractivity contribution in [2.24, 2.45) is 5.73 Å². The van der Waals surface area contributed by atoms with Crippen LogP contribution in [0, 0.1) is 28.8 Å². The third-order valence-electron chi connectivity index (χ3n) is 7.09. The van der Waals surface area contributed by atoms with Crippen LogP contribution in [0.5, 0.6) is 5.75 Å². The van der Waals surface area contributed by atoms with Crippen molar-refractivity contribution >= 4 is 11.7 Å². The molecule has 0 radical (unpaired) electrons. The summed E-state index contributed by atoms with van der Waals surface area (Å²) in [4.78, 5) is 18.1. The van der Waals surface area contributed by atoms with Crippen molar-refractivity contribution < 1.29 is 27.9 Å². The summed E-state index contributed by atoms with van der Waals surface area (Å²) in [5.74, 6) is -2.28. The Hall–Kier alpha value is -4.14. The number of hydrogen-bond acceptors (Lipinski definition) is 7. The summed E-state index contributed by atoms with van der Waals surface area (Å²) in [6.07, 6.45) is 4.50. The van der Waals surface area contributed by atoms with Gasteiger partial charge in [-0.25, -0.2) is 23.6 Å². The first-order valence-corrected chi connectivity index (χ1v) is 13.6. The van der Waals surface area contributed by atoms with Crippen LogP contribution in [0.15, 0.2) is 42.5 Å². The van der Waals surface area contributed by atoms with E-state index in [1.165, 1.54) is 18.2 Å². The molecule has 41 heavy (non-hydrogen) atoms. The summed E-state index contributed by atoms with van der Waals surface area (Å²) >= 11 is 0. The molecule has 2 aromatic carbocycles. The van der Waals surface area contributed by atoms with E-state index in [4.69, 9.17) is 20.7 Å². The molecule has 11 heteroatoms. The number of piperidine rings is 1. The summed E-state index contributed by atoms with van der Waals surface area (Å²) in [6.45, 7) is 1.60. The van der Waals surface area contributed by atoms with Crippen molar-refractivity contribution in [3.05, 3.63) is 65.5 Å². The zero-order valence-corrected chi connectivity index (χ0v) is 22.5. The molecular formula is C30H32F3N5O3. The highest BCUT2D eigenvalue weighted by Gasteiger charge is 2.24. The number of nitrogens with zero attached hydrogens (tertiary/aromatic N) is 3. The molecule has 4 rings (SSSR count). The largest absolute Gasteiger partial charge is 0.493 e. The minimum atomic E-state index is -1.05. The molecule has 3 aromatic rings. The fraction of sp³-hybridized carbons (Fsp3) is 0.367. The van der Waals surface area contributed by atoms with Crippen LogP contribution >= 0.6 is 0 Å². The third kappa shape index (κ3) is 7.54. The lowest BCUT2D eigenvalue weighted by Gasteiger charge is -2.32. The summed E-state index contributed by atoms with van der Waals surface area (Å²) in [5.41, 5.74) is 8.90. The Morgan fingerprint density at radius 2 is 1.73 bits per heavy atom. The maximum atomic E-state index is 14.8. The Morgan fingerprint density at radius 3 is 2.41 bits per heavy atom. The molecule has 1 saturated heterocycles. The molecule has 0 unspecified atom stereocenters. The Bertz CT molecular complexity index is 1420. The molecule has 1 aromatic heterocycles. The van der Waals surface area contributed by atoms with Crippen molar-refractivity contribution in [3.63, 3.8) is 0 Å². The second kappa shape index (κ2) is 14.0. The topological polar surface area (TPSA) is 125 Å². The molecular weight excluding hydrogens is 535 g/mol. The SMILES string of the molecule is N#Cc1ccc(-c2nc(N3CCC(N)CC3)cc(OCCCCCCC(=O)NO)c2-c2ccc(F)c(F)c2)cc1F. The van der Waals surface area contributed by atoms with E-state index >= 15 is 0 Å². The fourth-order valence-corrected chi connectivity index (χ4v) is 4.79. The van der Waals surface area contributed by atoms with Gasteiger partial charge in [-0.15, -0.1) is 0 Å². The highest BCUT2D eigenvalue weighted by Crippen LogP contribution is 2.42. The highest BCUT2D eigenvalue weighted by molar-refractivity contribution is 5.87. The molecule has 1 fully saturated rings. The average molecular weight is 568 g/mol. The van der Waals surface area contributed by atoms with E-state index in [1.807, 2.05) is 0 Å². The Morgan fingerprint density at radius 1 is 1.02 bits per heavy atom. The second-order valence-electron chi connectivity index (χ2n) is 10.0. The monoisotopic (exact) mass is 567 g/mol. The van der Waals surface area contributed by atoms with Crippen molar-refractivity contribution in [1.29, 1.82) is 5.26 Å². The number of nitriles is 1. The number of amides is 1. The molecule has 0 saturated carbocycles. The van der Waals surface area contributed by atoms with Crippen LogP contribution in [0.4, 0.5) is 19.0 Å². The van der Waals surface area contributed by atoms with Gasteiger partial charge in [0.15, 0.2) is 11.6 Å². The molecule has 0 spiro atoms. The van der Waals surface area contributed by atoms with Gasteiger partial charge in [0.25, 0.3) is 0 Å². The molecule has 1 aliphatic rings. The Balaban J connectivity index is 1.73. The normalized spacial score (nSPS) is 13.6. The number of anilines is 1. The molecule has 0 bridgehead atoms. The Kier molecular flexibility index (Phi) is 10.2. The molecule has 2 heterocycles. The number of carbonyl (C=O) groups excluding carboxylic acids is 1. The number of carbonyl (C=O) groups is 1. The third-order valence-corrected chi connectivity index (χ3v) is 7.09. The van der Waals surface area contributed by atoms with Gasteiger partial charge in [0, 0.05) is 37.2 Å². The minimum Gasteiger partial charge on any atom is -0.493 e. The van der Waals surface area contributed by atoms with E-state index in [2.05, 4.69) is 4.90 Å². The minimum absolute atomic E-state index is 0.0824. The van der Waals surface area contributed by atoms with Crippen LogP contribution in [-0.4, -0.2) is 41.8 Å². The predicted molar refractivity (Wildman–Crippen MR) is 148 cm³/mol. The standard InChI is InChI=1S/C30H32F3N5O3/c31-23-9-8-19(15-25(23)33)29-26(41-14-4-2-1-3-5-28(39)37-40)17-27(38-12-10-22(35)11-13-38)36-30(29)20-6-7-21(18-34)24(32)16-20/h6-9,15-17,22,40H,1-5,10-14,35H2,(H,37,39). The van der Waals surface area contributed by atoms with Gasteiger partial charge < -0.3 is 15.4 Å². The maximum Gasteiger partial charge on any atom is 0.243 e. The molecule has 1 aliphatic heterocycles. The fourth-order valence-electron chi connectivity index (χ4n) is 4.79. The van der Waals surface area contributed by atoms with E-state index in [9.17, 15) is 23.2 Å². The quantitative estimate of drug-likeness (QED) is 0.160. The summed E-state index contributed by atoms with van der Waals surface area (Å²) in [7, 11) is 0. The number of rotatable bonds is 11. The van der Waals surface area contributed by atoms with Gasteiger partial charge in [0.05, 0.1) is 23.4 Å². The molecule has 8 nitrogen and oxygen atoms in total. The van der Waals surface area contributed by atoms with Crippen LogP contribution in [0.1, 0.15) is 50.5 Å². The second-order valence-corrected chi connectivity index (χ2v) is 10.0. The summed E-state index contributed by atoms with van der Waals surface area (Å²) in [6, 6.07) is 11.2. The van der Waals surface area contributed by atoms with E-state index in [0.717, 1.165) is 37.8 Å². The first-order valence-electron chi connectivity index (χ1n) is 13.6. The lowest BCUT2D eigenvalue weighted by atomic mass is 9.96. The van der Waals surface area contributed by atoms with E-state index < -0.39 is 23.4 Å². The van der Waals surface area contributed by atoms with Gasteiger partial charge in [-0.2, -0.15) is 5.26 Å². The van der Waals surface area contributed by atoms with E-state index in [-0.39, 0.29) is 18.0 Å². The maximum absolute atomic E-state index is 14.8. The smallest absolute Gasteiger partial charge is 0.243 e. The molecule has 4 N–H and O–H groups in total. The number of nitrogens with one attached hydrogen (secondary N) is 1. The Labute approximate surface area is 236 Å². The number of halogens is 3. The van der Waals surface area contributed by atoms with Gasteiger partial charge in [0.2, 0.25) is 5.91 Å². The van der Waals surface area contributed by atoms with Crippen molar-refractivity contribution in [3.8, 4) is 34.2 Å². The van der Waals surface area contributed by atoms with Crippen molar-refractivity contribution in [1.82, 2.24) is 10.5 Å². The van der Waals surface area contributed by atoms with Crippen molar-refractivity contribution in [2.75, 3.05) is 24.6 Å². The number of hydroxylamine groups is 1. The number of benzene rings is 2. The number of aromatic nitrogens is 1.